The number of nitro groups is 1. The van der Waals surface area contributed by atoms with Gasteiger partial charge in [-0.05, 0) is 55.2 Å². The van der Waals surface area contributed by atoms with Gasteiger partial charge in [0, 0.05) is 6.08 Å². The molecule has 11 heteroatoms. The molecule has 2 aromatic carbocycles. The smallest absolute Gasteiger partial charge is 0.338 e. The molecular formula is C31H29N3O7S. The second-order valence-corrected chi connectivity index (χ2v) is 11.0. The van der Waals surface area contributed by atoms with E-state index in [4.69, 9.17) is 13.9 Å². The molecule has 1 aliphatic rings. The van der Waals surface area contributed by atoms with Crippen molar-refractivity contribution in [2.45, 2.75) is 39.7 Å². The summed E-state index contributed by atoms with van der Waals surface area (Å²) in [7, 11) is 1.43. The van der Waals surface area contributed by atoms with Crippen LogP contribution in [0.3, 0.4) is 0 Å². The summed E-state index contributed by atoms with van der Waals surface area (Å²) in [5, 5.41) is 11.7. The molecule has 1 aliphatic heterocycles. The van der Waals surface area contributed by atoms with Gasteiger partial charge in [0.05, 0.1) is 52.1 Å². The van der Waals surface area contributed by atoms with E-state index in [-0.39, 0.29) is 29.2 Å². The molecule has 0 aliphatic carbocycles. The van der Waals surface area contributed by atoms with Crippen LogP contribution in [0.4, 0.5) is 5.69 Å². The summed E-state index contributed by atoms with van der Waals surface area (Å²) in [6.45, 7) is 7.84. The zero-order chi connectivity index (χ0) is 30.1. The van der Waals surface area contributed by atoms with Gasteiger partial charge in [-0.15, -0.1) is 0 Å². The predicted molar refractivity (Wildman–Crippen MR) is 158 cm³/mol. The van der Waals surface area contributed by atoms with Crippen molar-refractivity contribution in [1.82, 2.24) is 4.57 Å². The quantitative estimate of drug-likeness (QED) is 0.160. The first-order chi connectivity index (χ1) is 20.1. The molecule has 5 rings (SSSR count). The number of esters is 1. The van der Waals surface area contributed by atoms with E-state index < -0.39 is 16.9 Å². The number of methoxy groups -OCH3 is 1. The number of nitrogens with zero attached hydrogens (tertiary/aromatic N) is 3. The number of hydrogen-bond donors (Lipinski definition) is 0. The molecule has 2 aromatic heterocycles. The molecule has 0 bridgehead atoms. The van der Waals surface area contributed by atoms with Crippen molar-refractivity contribution in [3.63, 3.8) is 0 Å². The molecule has 0 saturated heterocycles. The lowest BCUT2D eigenvalue weighted by Crippen LogP contribution is -2.39. The molecule has 4 aromatic rings. The summed E-state index contributed by atoms with van der Waals surface area (Å²) >= 11 is 1.17. The van der Waals surface area contributed by atoms with Gasteiger partial charge in [-0.1, -0.05) is 49.4 Å². The normalized spacial score (nSPS) is 15.0. The molecule has 216 valence electrons. The van der Waals surface area contributed by atoms with Gasteiger partial charge in [-0.3, -0.25) is 19.5 Å². The van der Waals surface area contributed by atoms with Gasteiger partial charge in [0.25, 0.3) is 11.2 Å². The van der Waals surface area contributed by atoms with Crippen LogP contribution in [0.1, 0.15) is 56.5 Å². The second kappa shape index (κ2) is 11.6. The third-order valence-corrected chi connectivity index (χ3v) is 7.99. The number of nitro benzene ring substituents is 1. The lowest BCUT2D eigenvalue weighted by molar-refractivity contribution is -0.384. The van der Waals surface area contributed by atoms with Gasteiger partial charge in [0.15, 0.2) is 4.80 Å². The third kappa shape index (κ3) is 5.30. The topological polar surface area (TPSA) is 126 Å². The van der Waals surface area contributed by atoms with Crippen molar-refractivity contribution < 1.29 is 23.6 Å². The summed E-state index contributed by atoms with van der Waals surface area (Å²) < 4.78 is 18.2. The minimum Gasteiger partial charge on any atom is -0.497 e. The van der Waals surface area contributed by atoms with E-state index in [1.54, 1.807) is 44.2 Å². The van der Waals surface area contributed by atoms with E-state index in [1.165, 1.54) is 29.1 Å². The molecule has 0 spiro atoms. The number of aromatic nitrogens is 1. The molecule has 0 fully saturated rings. The van der Waals surface area contributed by atoms with Crippen molar-refractivity contribution in [3.8, 4) is 17.1 Å². The van der Waals surface area contributed by atoms with Gasteiger partial charge in [-0.2, -0.15) is 0 Å². The molecule has 0 radical (unpaired) electrons. The van der Waals surface area contributed by atoms with Gasteiger partial charge in [0.1, 0.15) is 17.3 Å². The Morgan fingerprint density at radius 1 is 1.19 bits per heavy atom. The molecule has 0 unspecified atom stereocenters. The number of allylic oxidation sites excluding steroid dienone is 1. The zero-order valence-electron chi connectivity index (χ0n) is 23.7. The Labute approximate surface area is 245 Å². The van der Waals surface area contributed by atoms with Crippen LogP contribution >= 0.6 is 11.3 Å². The Morgan fingerprint density at radius 2 is 1.93 bits per heavy atom. The number of benzene rings is 2. The maximum atomic E-state index is 13.9. The summed E-state index contributed by atoms with van der Waals surface area (Å²) in [5.74, 6) is 0.749. The summed E-state index contributed by atoms with van der Waals surface area (Å²) in [6.07, 6.45) is 1.57. The van der Waals surface area contributed by atoms with Gasteiger partial charge in [0.2, 0.25) is 0 Å². The Morgan fingerprint density at radius 3 is 2.57 bits per heavy atom. The fourth-order valence-electron chi connectivity index (χ4n) is 4.87. The van der Waals surface area contributed by atoms with E-state index in [0.29, 0.717) is 38.0 Å². The number of ether oxygens (including phenoxy) is 2. The van der Waals surface area contributed by atoms with Crippen LogP contribution in [0, 0.1) is 10.1 Å². The summed E-state index contributed by atoms with van der Waals surface area (Å²) in [6, 6.07) is 14.9. The van der Waals surface area contributed by atoms with Crippen molar-refractivity contribution in [2.75, 3.05) is 13.7 Å². The van der Waals surface area contributed by atoms with E-state index in [1.807, 2.05) is 24.3 Å². The van der Waals surface area contributed by atoms with Crippen LogP contribution in [-0.2, 0) is 9.53 Å². The number of rotatable bonds is 8. The van der Waals surface area contributed by atoms with Crippen molar-refractivity contribution in [2.24, 2.45) is 4.99 Å². The van der Waals surface area contributed by atoms with Crippen LogP contribution in [-0.4, -0.2) is 29.2 Å². The zero-order valence-corrected chi connectivity index (χ0v) is 24.6. The Bertz CT molecular complexity index is 1900. The van der Waals surface area contributed by atoms with Crippen molar-refractivity contribution in [1.29, 1.82) is 0 Å². The van der Waals surface area contributed by atoms with Crippen LogP contribution in [0.2, 0.25) is 0 Å². The van der Waals surface area contributed by atoms with E-state index in [0.717, 1.165) is 11.1 Å². The highest BCUT2D eigenvalue weighted by Gasteiger charge is 2.33. The Balaban J connectivity index is 1.62. The fourth-order valence-corrected chi connectivity index (χ4v) is 5.90. The standard InChI is InChI=1S/C31H29N3O7S/c1-6-40-30(36)27-18(4)32-31-33(28(27)20-9-7-19(8-10-20)17(2)3)29(35)26(42-31)16-22-12-14-25(41-22)23-13-11-21(39-5)15-24(23)34(37)38/h7-17,28H,6H2,1-5H3/b26-16-/t28-/m0/s1. The second-order valence-electron chi connectivity index (χ2n) is 9.97. The minimum atomic E-state index is -0.724. The average Bonchev–Trinajstić information content (AvgIpc) is 3.56. The highest BCUT2D eigenvalue weighted by molar-refractivity contribution is 7.07. The Kier molecular flexibility index (Phi) is 7.95. The molecule has 10 nitrogen and oxygen atoms in total. The Hall–Kier alpha value is -4.77. The minimum absolute atomic E-state index is 0.167. The first-order valence-corrected chi connectivity index (χ1v) is 14.2. The van der Waals surface area contributed by atoms with Crippen LogP contribution in [0.15, 0.2) is 80.1 Å². The molecule has 0 saturated carbocycles. The van der Waals surface area contributed by atoms with Gasteiger partial charge >= 0.3 is 5.97 Å². The molecule has 0 amide bonds. The predicted octanol–water partition coefficient (Wildman–Crippen LogP) is 5.10. The first kappa shape index (κ1) is 28.7. The number of furan rings is 1. The van der Waals surface area contributed by atoms with E-state index in [2.05, 4.69) is 18.8 Å². The molecule has 42 heavy (non-hydrogen) atoms. The molecular weight excluding hydrogens is 558 g/mol. The highest BCUT2D eigenvalue weighted by Crippen LogP contribution is 2.35. The fraction of sp³-hybridized carbons (Fsp3) is 0.258. The number of thiazole rings is 1. The van der Waals surface area contributed by atoms with E-state index >= 15 is 0 Å². The summed E-state index contributed by atoms with van der Waals surface area (Å²) in [4.78, 5) is 43.2. The first-order valence-electron chi connectivity index (χ1n) is 13.3. The lowest BCUT2D eigenvalue weighted by atomic mass is 9.93. The van der Waals surface area contributed by atoms with Crippen molar-refractivity contribution in [3.05, 3.63) is 113 Å². The summed E-state index contributed by atoms with van der Waals surface area (Å²) in [5.41, 5.74) is 2.44. The van der Waals surface area contributed by atoms with Crippen LogP contribution in [0.5, 0.6) is 5.75 Å². The highest BCUT2D eigenvalue weighted by atomic mass is 32.1. The molecule has 3 heterocycles. The number of carbonyl (C=O) groups excluding carboxylic acids is 1. The van der Waals surface area contributed by atoms with Gasteiger partial charge < -0.3 is 13.9 Å². The number of fused-ring (bicyclic) bond motifs is 1. The monoisotopic (exact) mass is 587 g/mol. The average molecular weight is 588 g/mol. The number of carbonyl (C=O) groups is 1. The van der Waals surface area contributed by atoms with E-state index in [9.17, 15) is 19.7 Å². The lowest BCUT2D eigenvalue weighted by Gasteiger charge is -2.25. The molecule has 0 N–H and O–H groups in total. The SMILES string of the molecule is CCOC(=O)C1=C(C)N=c2s/c(=C\c3ccc(-c4ccc(OC)cc4[N+](=O)[O-])o3)c(=O)n2[C@H]1c1ccc(C(C)C)cc1. The number of hydrogen-bond acceptors (Lipinski definition) is 9. The molecule has 1 atom stereocenters. The van der Waals surface area contributed by atoms with Crippen LogP contribution < -0.4 is 19.6 Å². The van der Waals surface area contributed by atoms with Crippen molar-refractivity contribution >= 4 is 29.1 Å². The van der Waals surface area contributed by atoms with Gasteiger partial charge in [-0.25, -0.2) is 9.79 Å². The largest absolute Gasteiger partial charge is 0.497 e. The van der Waals surface area contributed by atoms with Crippen LogP contribution in [0.25, 0.3) is 17.4 Å². The third-order valence-electron chi connectivity index (χ3n) is 7.00. The maximum absolute atomic E-state index is 13.9. The maximum Gasteiger partial charge on any atom is 0.338 e.